The summed E-state index contributed by atoms with van der Waals surface area (Å²) in [5.41, 5.74) is 7.10. The Kier molecular flexibility index (Phi) is 4.88. The van der Waals surface area contributed by atoms with Gasteiger partial charge in [0.25, 0.3) is 0 Å². The minimum absolute atomic E-state index is 1.07. The van der Waals surface area contributed by atoms with Gasteiger partial charge in [-0.25, -0.2) is 0 Å². The lowest BCUT2D eigenvalue weighted by Gasteiger charge is -2.15. The van der Waals surface area contributed by atoms with Gasteiger partial charge in [-0.2, -0.15) is 0 Å². The Morgan fingerprint density at radius 2 is 1.21 bits per heavy atom. The van der Waals surface area contributed by atoms with Gasteiger partial charge < -0.3 is 0 Å². The van der Waals surface area contributed by atoms with E-state index in [2.05, 4.69) is 86.0 Å². The second kappa shape index (κ2) is 7.43. The second-order valence-corrected chi connectivity index (χ2v) is 5.52. The molecule has 0 atom stereocenters. The molecule has 0 spiro atoms. The zero-order chi connectivity index (χ0) is 16.8. The Labute approximate surface area is 144 Å². The van der Waals surface area contributed by atoms with Crippen LogP contribution in [0.5, 0.6) is 0 Å². The molecule has 3 aromatic rings. The van der Waals surface area contributed by atoms with E-state index in [0.29, 0.717) is 0 Å². The maximum atomic E-state index is 3.96. The van der Waals surface area contributed by atoms with Gasteiger partial charge >= 0.3 is 0 Å². The smallest absolute Gasteiger partial charge is 0.00992 e. The van der Waals surface area contributed by atoms with Crippen LogP contribution in [-0.4, -0.2) is 0 Å². The van der Waals surface area contributed by atoms with E-state index in [1.807, 2.05) is 18.2 Å². The predicted octanol–water partition coefficient (Wildman–Crippen LogP) is 6.78. The molecule has 0 fully saturated rings. The molecule has 0 bridgehead atoms. The topological polar surface area (TPSA) is 0 Å². The van der Waals surface area contributed by atoms with E-state index >= 15 is 0 Å². The quantitative estimate of drug-likeness (QED) is 0.456. The summed E-state index contributed by atoms with van der Waals surface area (Å²) in [6.45, 7) is 7.77. The van der Waals surface area contributed by atoms with Crippen LogP contribution in [0.25, 0.3) is 27.8 Å². The first-order valence-electron chi connectivity index (χ1n) is 8.04. The lowest BCUT2D eigenvalue weighted by molar-refractivity contribution is 1.55. The summed E-state index contributed by atoms with van der Waals surface area (Å²) in [5.74, 6) is 0. The summed E-state index contributed by atoms with van der Waals surface area (Å²) < 4.78 is 0. The van der Waals surface area contributed by atoms with Gasteiger partial charge in [0.1, 0.15) is 0 Å². The van der Waals surface area contributed by atoms with Crippen molar-refractivity contribution in [3.8, 4) is 22.3 Å². The molecule has 0 amide bonds. The Morgan fingerprint density at radius 3 is 1.88 bits per heavy atom. The van der Waals surface area contributed by atoms with Crippen molar-refractivity contribution < 1.29 is 0 Å². The maximum Gasteiger partial charge on any atom is -0.00992 e. The molecule has 0 heterocycles. The summed E-state index contributed by atoms with van der Waals surface area (Å²) in [7, 11) is 0. The first kappa shape index (κ1) is 15.8. The van der Waals surface area contributed by atoms with E-state index < -0.39 is 0 Å². The van der Waals surface area contributed by atoms with Crippen molar-refractivity contribution in [3.05, 3.63) is 116 Å². The van der Waals surface area contributed by atoms with Crippen molar-refractivity contribution in [1.29, 1.82) is 0 Å². The van der Waals surface area contributed by atoms with Crippen LogP contribution in [0.1, 0.15) is 5.56 Å². The minimum atomic E-state index is 1.07. The van der Waals surface area contributed by atoms with Crippen molar-refractivity contribution in [2.75, 3.05) is 0 Å². The lowest BCUT2D eigenvalue weighted by atomic mass is 9.89. The molecular weight excluding hydrogens is 288 g/mol. The second-order valence-electron chi connectivity index (χ2n) is 5.52. The van der Waals surface area contributed by atoms with Crippen LogP contribution in [0.3, 0.4) is 0 Å². The predicted molar refractivity (Wildman–Crippen MR) is 106 cm³/mol. The van der Waals surface area contributed by atoms with E-state index in [1.54, 1.807) is 6.08 Å². The van der Waals surface area contributed by atoms with Crippen molar-refractivity contribution in [1.82, 2.24) is 0 Å². The maximum absolute atomic E-state index is 3.96. The molecule has 0 heteroatoms. The van der Waals surface area contributed by atoms with Crippen molar-refractivity contribution in [3.63, 3.8) is 0 Å². The van der Waals surface area contributed by atoms with E-state index in [9.17, 15) is 0 Å². The van der Waals surface area contributed by atoms with Gasteiger partial charge in [-0.3, -0.25) is 0 Å². The average Bonchev–Trinajstić information content (AvgIpc) is 2.67. The zero-order valence-electron chi connectivity index (χ0n) is 13.7. The Balaban J connectivity index is 2.24. The van der Waals surface area contributed by atoms with Gasteiger partial charge in [-0.15, -0.1) is 0 Å². The summed E-state index contributed by atoms with van der Waals surface area (Å²) in [5, 5.41) is 0. The highest BCUT2D eigenvalue weighted by Gasteiger charge is 2.11. The van der Waals surface area contributed by atoms with Gasteiger partial charge in [0.2, 0.25) is 0 Å². The largest absolute Gasteiger partial charge is 0.0990 e. The van der Waals surface area contributed by atoms with Gasteiger partial charge in [0.15, 0.2) is 0 Å². The zero-order valence-corrected chi connectivity index (χ0v) is 13.7. The Bertz CT molecular complexity index is 883. The third kappa shape index (κ3) is 3.13. The van der Waals surface area contributed by atoms with Crippen LogP contribution in [0.15, 0.2) is 110 Å². The summed E-state index contributed by atoms with van der Waals surface area (Å²) >= 11 is 0. The lowest BCUT2D eigenvalue weighted by Crippen LogP contribution is -1.90. The fourth-order valence-electron chi connectivity index (χ4n) is 2.95. The molecule has 0 saturated carbocycles. The SMILES string of the molecule is C=C/C=C(\C=C)c1ccccc1-c1ccccc1-c1ccccc1. The highest BCUT2D eigenvalue weighted by atomic mass is 14.1. The summed E-state index contributed by atoms with van der Waals surface area (Å²) in [6.07, 6.45) is 5.68. The molecule has 0 aliphatic rings. The molecule has 0 aliphatic carbocycles. The van der Waals surface area contributed by atoms with Gasteiger partial charge in [-0.05, 0) is 33.4 Å². The number of hydrogen-bond donors (Lipinski definition) is 0. The van der Waals surface area contributed by atoms with E-state index in [0.717, 1.165) is 11.1 Å². The standard InChI is InChI=1S/C24H20/c1-3-12-19(4-2)21-15-8-10-17-23(21)24-18-11-9-16-22(24)20-13-6-5-7-14-20/h3-18H,1-2H2/b19-12+. The number of benzene rings is 3. The molecule has 0 aliphatic heterocycles. The summed E-state index contributed by atoms with van der Waals surface area (Å²) in [6, 6.07) is 27.4. The first-order chi connectivity index (χ1) is 11.8. The molecule has 0 nitrogen and oxygen atoms in total. The van der Waals surface area contributed by atoms with Crippen molar-refractivity contribution >= 4 is 5.57 Å². The third-order valence-corrected chi connectivity index (χ3v) is 4.06. The first-order valence-corrected chi connectivity index (χ1v) is 8.04. The van der Waals surface area contributed by atoms with Crippen LogP contribution >= 0.6 is 0 Å². The molecule has 3 aromatic carbocycles. The number of hydrogen-bond acceptors (Lipinski definition) is 0. The van der Waals surface area contributed by atoms with Gasteiger partial charge in [0.05, 0.1) is 0 Å². The van der Waals surface area contributed by atoms with E-state index in [-0.39, 0.29) is 0 Å². The molecule has 0 saturated heterocycles. The van der Waals surface area contributed by atoms with Crippen LogP contribution < -0.4 is 0 Å². The van der Waals surface area contributed by atoms with Crippen LogP contribution in [0.2, 0.25) is 0 Å². The fourth-order valence-corrected chi connectivity index (χ4v) is 2.95. The van der Waals surface area contributed by atoms with Crippen LogP contribution in [0.4, 0.5) is 0 Å². The molecular formula is C24H20. The van der Waals surface area contributed by atoms with Crippen LogP contribution in [-0.2, 0) is 0 Å². The normalized spacial score (nSPS) is 11.1. The molecule has 0 unspecified atom stereocenters. The monoisotopic (exact) mass is 308 g/mol. The van der Waals surface area contributed by atoms with Gasteiger partial charge in [-0.1, -0.05) is 110 Å². The molecule has 116 valence electrons. The Morgan fingerprint density at radius 1 is 0.625 bits per heavy atom. The molecule has 3 rings (SSSR count). The molecule has 0 N–H and O–H groups in total. The van der Waals surface area contributed by atoms with Crippen molar-refractivity contribution in [2.24, 2.45) is 0 Å². The Hall–Kier alpha value is -3.12. The minimum Gasteiger partial charge on any atom is -0.0990 e. The molecule has 0 radical (unpaired) electrons. The van der Waals surface area contributed by atoms with Crippen LogP contribution in [0, 0.1) is 0 Å². The molecule has 0 aromatic heterocycles. The summed E-state index contributed by atoms with van der Waals surface area (Å²) in [4.78, 5) is 0. The van der Waals surface area contributed by atoms with Gasteiger partial charge in [0, 0.05) is 0 Å². The van der Waals surface area contributed by atoms with E-state index in [4.69, 9.17) is 0 Å². The third-order valence-electron chi connectivity index (χ3n) is 4.06. The van der Waals surface area contributed by atoms with Crippen molar-refractivity contribution in [2.45, 2.75) is 0 Å². The number of rotatable bonds is 5. The molecule has 24 heavy (non-hydrogen) atoms. The average molecular weight is 308 g/mol. The number of allylic oxidation sites excluding steroid dienone is 4. The highest BCUT2D eigenvalue weighted by Crippen LogP contribution is 2.36. The highest BCUT2D eigenvalue weighted by molar-refractivity contribution is 5.91. The van der Waals surface area contributed by atoms with E-state index in [1.165, 1.54) is 22.3 Å². The fraction of sp³-hybridized carbons (Fsp3) is 0.